The fourth-order valence-electron chi connectivity index (χ4n) is 2.33. The Morgan fingerprint density at radius 3 is 2.22 bits per heavy atom. The monoisotopic (exact) mass is 377 g/mol. The molecule has 0 radical (unpaired) electrons. The number of ether oxygens (including phenoxy) is 1. The van der Waals surface area contributed by atoms with Crippen molar-refractivity contribution in [2.24, 2.45) is 0 Å². The highest BCUT2D eigenvalue weighted by Crippen LogP contribution is 2.21. The van der Waals surface area contributed by atoms with E-state index in [2.05, 4.69) is 16.2 Å². The molecule has 0 unspecified atom stereocenters. The first-order valence-corrected chi connectivity index (χ1v) is 8.82. The number of thiocarbonyl (C=S) groups is 1. The van der Waals surface area contributed by atoms with Crippen LogP contribution in [0.2, 0.25) is 0 Å². The van der Waals surface area contributed by atoms with Crippen LogP contribution < -0.4 is 20.9 Å². The molecule has 27 heavy (non-hydrogen) atoms. The summed E-state index contributed by atoms with van der Waals surface area (Å²) >= 11 is 5.17. The molecule has 0 aromatic heterocycles. The Kier molecular flexibility index (Phi) is 6.38. The fraction of sp³-hybridized carbons (Fsp3) is 0.0476. The van der Waals surface area contributed by atoms with Gasteiger partial charge in [-0.1, -0.05) is 54.6 Å². The molecule has 1 amide bonds. The molecular weight excluding hydrogens is 358 g/mol. The zero-order valence-corrected chi connectivity index (χ0v) is 15.3. The number of rotatable bonds is 5. The molecule has 0 fully saturated rings. The number of carbonyl (C=O) groups excluding carboxylic acids is 1. The maximum atomic E-state index is 12.3. The predicted molar refractivity (Wildman–Crippen MR) is 109 cm³/mol. The molecule has 0 aliphatic carbocycles. The van der Waals surface area contributed by atoms with Gasteiger partial charge in [-0.05, 0) is 48.1 Å². The Morgan fingerprint density at radius 1 is 0.815 bits per heavy atom. The van der Waals surface area contributed by atoms with E-state index >= 15 is 0 Å². The van der Waals surface area contributed by atoms with Crippen LogP contribution in [0.5, 0.6) is 11.5 Å². The van der Waals surface area contributed by atoms with Crippen molar-refractivity contribution in [3.63, 3.8) is 0 Å². The van der Waals surface area contributed by atoms with Crippen LogP contribution in [0, 0.1) is 0 Å². The maximum Gasteiger partial charge on any atom is 0.269 e. The quantitative estimate of drug-likeness (QED) is 0.466. The number of hydrogen-bond acceptors (Lipinski definition) is 3. The number of benzene rings is 3. The lowest BCUT2D eigenvalue weighted by Crippen LogP contribution is -2.46. The van der Waals surface area contributed by atoms with Crippen LogP contribution >= 0.6 is 12.2 Å². The van der Waals surface area contributed by atoms with Crippen molar-refractivity contribution < 1.29 is 9.53 Å². The van der Waals surface area contributed by atoms with Gasteiger partial charge in [0.25, 0.3) is 5.91 Å². The largest absolute Gasteiger partial charge is 0.457 e. The van der Waals surface area contributed by atoms with Gasteiger partial charge in [0.15, 0.2) is 5.11 Å². The molecule has 0 spiro atoms. The number of carbonyl (C=O) groups is 1. The van der Waals surface area contributed by atoms with Gasteiger partial charge in [0.1, 0.15) is 11.5 Å². The molecule has 3 rings (SSSR count). The first kappa shape index (κ1) is 18.4. The van der Waals surface area contributed by atoms with Gasteiger partial charge in [-0.2, -0.15) is 0 Å². The summed E-state index contributed by atoms with van der Waals surface area (Å²) in [7, 11) is 0. The second-order valence-electron chi connectivity index (χ2n) is 5.69. The number of para-hydroxylation sites is 1. The number of hydrogen-bond donors (Lipinski definition) is 3. The van der Waals surface area contributed by atoms with Crippen molar-refractivity contribution in [2.45, 2.75) is 6.54 Å². The predicted octanol–water partition coefficient (Wildman–Crippen LogP) is 3.79. The molecular formula is C21H19N3O2S. The average Bonchev–Trinajstić information content (AvgIpc) is 2.72. The average molecular weight is 377 g/mol. The van der Waals surface area contributed by atoms with Gasteiger partial charge in [0.2, 0.25) is 0 Å². The van der Waals surface area contributed by atoms with Crippen molar-refractivity contribution >= 4 is 23.2 Å². The van der Waals surface area contributed by atoms with Crippen LogP contribution in [0.1, 0.15) is 15.9 Å². The minimum Gasteiger partial charge on any atom is -0.457 e. The van der Waals surface area contributed by atoms with Gasteiger partial charge in [-0.15, -0.1) is 0 Å². The summed E-state index contributed by atoms with van der Waals surface area (Å²) in [5.74, 6) is 0.982. The molecule has 3 N–H and O–H groups in total. The molecule has 6 heteroatoms. The summed E-state index contributed by atoms with van der Waals surface area (Å²) in [6.45, 7) is 0.572. The molecule has 0 aliphatic rings. The summed E-state index contributed by atoms with van der Waals surface area (Å²) in [6, 6.07) is 26.2. The normalized spacial score (nSPS) is 9.93. The molecule has 0 bridgehead atoms. The SMILES string of the molecule is O=C(NNC(=S)NCc1ccccc1)c1cccc(Oc2ccccc2)c1. The van der Waals surface area contributed by atoms with E-state index in [1.54, 1.807) is 24.3 Å². The minimum atomic E-state index is -0.308. The summed E-state index contributed by atoms with van der Waals surface area (Å²) in [6.07, 6.45) is 0. The van der Waals surface area contributed by atoms with Crippen molar-refractivity contribution in [1.82, 2.24) is 16.2 Å². The summed E-state index contributed by atoms with van der Waals surface area (Å²) in [5, 5.41) is 3.37. The lowest BCUT2D eigenvalue weighted by molar-refractivity contribution is 0.0943. The van der Waals surface area contributed by atoms with Gasteiger partial charge in [0.05, 0.1) is 0 Å². The van der Waals surface area contributed by atoms with Gasteiger partial charge in [-0.25, -0.2) is 0 Å². The number of nitrogens with one attached hydrogen (secondary N) is 3. The molecule has 0 saturated carbocycles. The van der Waals surface area contributed by atoms with Gasteiger partial charge >= 0.3 is 0 Å². The second-order valence-corrected chi connectivity index (χ2v) is 6.10. The van der Waals surface area contributed by atoms with E-state index in [9.17, 15) is 4.79 Å². The van der Waals surface area contributed by atoms with Crippen LogP contribution in [-0.2, 0) is 6.54 Å². The summed E-state index contributed by atoms with van der Waals surface area (Å²) in [4.78, 5) is 12.3. The van der Waals surface area contributed by atoms with Gasteiger partial charge in [-0.3, -0.25) is 15.6 Å². The zero-order valence-electron chi connectivity index (χ0n) is 14.5. The first-order valence-electron chi connectivity index (χ1n) is 8.42. The van der Waals surface area contributed by atoms with Crippen molar-refractivity contribution in [3.05, 3.63) is 96.1 Å². The van der Waals surface area contributed by atoms with Crippen LogP contribution in [0.3, 0.4) is 0 Å². The Balaban J connectivity index is 1.50. The molecule has 0 saturated heterocycles. The third-order valence-electron chi connectivity index (χ3n) is 3.66. The second kappa shape index (κ2) is 9.35. The Bertz CT molecular complexity index is 902. The topological polar surface area (TPSA) is 62.4 Å². The van der Waals surface area contributed by atoms with Crippen LogP contribution in [0.25, 0.3) is 0 Å². The Hall–Kier alpha value is -3.38. The molecule has 0 aliphatic heterocycles. The van der Waals surface area contributed by atoms with E-state index in [0.29, 0.717) is 28.7 Å². The van der Waals surface area contributed by atoms with E-state index in [4.69, 9.17) is 17.0 Å². The highest BCUT2D eigenvalue weighted by atomic mass is 32.1. The molecule has 0 heterocycles. The van der Waals surface area contributed by atoms with Crippen molar-refractivity contribution in [2.75, 3.05) is 0 Å². The van der Waals surface area contributed by atoms with E-state index < -0.39 is 0 Å². The van der Waals surface area contributed by atoms with Gasteiger partial charge in [0, 0.05) is 12.1 Å². The smallest absolute Gasteiger partial charge is 0.269 e. The fourth-order valence-corrected chi connectivity index (χ4v) is 2.46. The third-order valence-corrected chi connectivity index (χ3v) is 3.91. The first-order chi connectivity index (χ1) is 13.2. The zero-order chi connectivity index (χ0) is 18.9. The van der Waals surface area contributed by atoms with Crippen molar-refractivity contribution in [1.29, 1.82) is 0 Å². The van der Waals surface area contributed by atoms with Gasteiger partial charge < -0.3 is 10.1 Å². The molecule has 0 atom stereocenters. The molecule has 136 valence electrons. The maximum absolute atomic E-state index is 12.3. The van der Waals surface area contributed by atoms with E-state index in [1.165, 1.54) is 0 Å². The Morgan fingerprint density at radius 2 is 1.48 bits per heavy atom. The highest BCUT2D eigenvalue weighted by Gasteiger charge is 2.07. The summed E-state index contributed by atoms with van der Waals surface area (Å²) in [5.41, 5.74) is 6.83. The summed E-state index contributed by atoms with van der Waals surface area (Å²) < 4.78 is 5.74. The molecule has 3 aromatic rings. The van der Waals surface area contributed by atoms with Crippen LogP contribution in [0.15, 0.2) is 84.9 Å². The van der Waals surface area contributed by atoms with E-state index in [-0.39, 0.29) is 5.91 Å². The van der Waals surface area contributed by atoms with E-state index in [1.807, 2.05) is 60.7 Å². The molecule has 5 nitrogen and oxygen atoms in total. The third kappa shape index (κ3) is 5.83. The molecule has 3 aromatic carbocycles. The number of amides is 1. The van der Waals surface area contributed by atoms with Crippen molar-refractivity contribution in [3.8, 4) is 11.5 Å². The van der Waals surface area contributed by atoms with Crippen LogP contribution in [0.4, 0.5) is 0 Å². The standard InChI is InChI=1S/C21H19N3O2S/c25-20(23-24-21(27)22-15-16-8-3-1-4-9-16)17-10-7-13-19(14-17)26-18-11-5-2-6-12-18/h1-14H,15H2,(H,23,25)(H2,22,24,27). The lowest BCUT2D eigenvalue weighted by Gasteiger charge is -2.12. The Labute approximate surface area is 163 Å². The number of hydrazine groups is 1. The highest BCUT2D eigenvalue weighted by molar-refractivity contribution is 7.80. The minimum absolute atomic E-state index is 0.308. The lowest BCUT2D eigenvalue weighted by atomic mass is 10.2. The van der Waals surface area contributed by atoms with E-state index in [0.717, 1.165) is 5.56 Å². The van der Waals surface area contributed by atoms with Crippen LogP contribution in [-0.4, -0.2) is 11.0 Å².